The minimum absolute atomic E-state index is 0.0929. The minimum atomic E-state index is -0.868. The summed E-state index contributed by atoms with van der Waals surface area (Å²) >= 11 is 0. The van der Waals surface area contributed by atoms with Crippen LogP contribution in [0.2, 0.25) is 0 Å². The van der Waals surface area contributed by atoms with Crippen LogP contribution >= 0.6 is 0 Å². The fourth-order valence-corrected chi connectivity index (χ4v) is 2.84. The first kappa shape index (κ1) is 18.9. The van der Waals surface area contributed by atoms with Crippen LogP contribution in [-0.4, -0.2) is 39.9 Å². The van der Waals surface area contributed by atoms with E-state index in [2.05, 4.69) is 5.32 Å². The predicted octanol–water partition coefficient (Wildman–Crippen LogP) is 2.42. The van der Waals surface area contributed by atoms with Gasteiger partial charge >= 0.3 is 0 Å². The maximum Gasteiger partial charge on any atom is 0.282 e. The number of fused-ring (bicyclic) bond motifs is 1. The van der Waals surface area contributed by atoms with E-state index in [9.17, 15) is 29.3 Å². The summed E-state index contributed by atoms with van der Waals surface area (Å²) < 4.78 is 0. The number of nitro benzene ring substituents is 1. The van der Waals surface area contributed by atoms with Crippen molar-refractivity contribution in [3.05, 3.63) is 69.3 Å². The van der Waals surface area contributed by atoms with Crippen LogP contribution < -0.4 is 5.32 Å². The van der Waals surface area contributed by atoms with Gasteiger partial charge < -0.3 is 5.32 Å². The predicted molar refractivity (Wildman–Crippen MR) is 98.2 cm³/mol. The Hall–Kier alpha value is -3.88. The van der Waals surface area contributed by atoms with Crippen LogP contribution in [-0.2, 0) is 4.79 Å². The van der Waals surface area contributed by atoms with Gasteiger partial charge in [-0.15, -0.1) is 0 Å². The molecule has 1 N–H and O–H groups in total. The van der Waals surface area contributed by atoms with E-state index in [1.54, 1.807) is 6.92 Å². The van der Waals surface area contributed by atoms with E-state index in [0.717, 1.165) is 6.07 Å². The molecule has 0 saturated heterocycles. The molecule has 3 amide bonds. The largest absolute Gasteiger partial charge is 0.326 e. The quantitative estimate of drug-likeness (QED) is 0.354. The lowest BCUT2D eigenvalue weighted by Gasteiger charge is -2.13. The molecular formula is C19H15N3O6. The highest BCUT2D eigenvalue weighted by Crippen LogP contribution is 2.30. The number of hydrogen-bond acceptors (Lipinski definition) is 6. The van der Waals surface area contributed by atoms with Crippen molar-refractivity contribution in [1.29, 1.82) is 0 Å². The fourth-order valence-electron chi connectivity index (χ4n) is 2.84. The number of imide groups is 1. The van der Waals surface area contributed by atoms with Crippen LogP contribution in [0.15, 0.2) is 42.5 Å². The SMILES string of the molecule is CCC(=O)Nc1ccc(C(=O)CN2C(=O)c3cccc([N+](=O)[O-])c3C2=O)cc1. The molecule has 0 aromatic heterocycles. The Balaban J connectivity index is 1.79. The molecule has 1 aliphatic rings. The molecule has 0 radical (unpaired) electrons. The summed E-state index contributed by atoms with van der Waals surface area (Å²) in [5, 5.41) is 13.8. The van der Waals surface area contributed by atoms with Crippen molar-refractivity contribution in [2.24, 2.45) is 0 Å². The molecule has 0 fully saturated rings. The maximum atomic E-state index is 12.5. The second-order valence-corrected chi connectivity index (χ2v) is 6.06. The topological polar surface area (TPSA) is 127 Å². The third-order valence-electron chi connectivity index (χ3n) is 4.29. The lowest BCUT2D eigenvalue weighted by Crippen LogP contribution is -2.35. The second kappa shape index (κ2) is 7.39. The number of rotatable bonds is 6. The summed E-state index contributed by atoms with van der Waals surface area (Å²) in [6.07, 6.45) is 0.312. The maximum absolute atomic E-state index is 12.5. The van der Waals surface area contributed by atoms with Crippen molar-refractivity contribution in [2.75, 3.05) is 11.9 Å². The van der Waals surface area contributed by atoms with E-state index in [1.165, 1.54) is 36.4 Å². The zero-order valence-electron chi connectivity index (χ0n) is 14.8. The van der Waals surface area contributed by atoms with E-state index in [-0.39, 0.29) is 22.6 Å². The number of nitrogens with one attached hydrogen (secondary N) is 1. The van der Waals surface area contributed by atoms with Crippen LogP contribution in [0.3, 0.4) is 0 Å². The van der Waals surface area contributed by atoms with Gasteiger partial charge in [0, 0.05) is 23.7 Å². The smallest absolute Gasteiger partial charge is 0.282 e. The van der Waals surface area contributed by atoms with Gasteiger partial charge in [0.1, 0.15) is 5.56 Å². The average molecular weight is 381 g/mol. The first-order valence-electron chi connectivity index (χ1n) is 8.40. The Morgan fingerprint density at radius 2 is 1.75 bits per heavy atom. The lowest BCUT2D eigenvalue weighted by atomic mass is 10.1. The number of nitrogens with zero attached hydrogens (tertiary/aromatic N) is 2. The van der Waals surface area contributed by atoms with Gasteiger partial charge in [0.25, 0.3) is 17.5 Å². The van der Waals surface area contributed by atoms with Gasteiger partial charge in [-0.2, -0.15) is 0 Å². The van der Waals surface area contributed by atoms with Crippen LogP contribution in [0.1, 0.15) is 44.4 Å². The molecule has 0 bridgehead atoms. The van der Waals surface area contributed by atoms with Gasteiger partial charge in [-0.25, -0.2) is 0 Å². The number of Topliss-reactive ketones (excluding diaryl/α,β-unsaturated/α-hetero) is 1. The molecule has 0 aliphatic carbocycles. The molecule has 1 heterocycles. The molecule has 9 heteroatoms. The van der Waals surface area contributed by atoms with Crippen molar-refractivity contribution < 1.29 is 24.1 Å². The summed E-state index contributed by atoms with van der Waals surface area (Å²) in [7, 11) is 0. The van der Waals surface area contributed by atoms with Gasteiger partial charge in [0.05, 0.1) is 17.0 Å². The van der Waals surface area contributed by atoms with Crippen LogP contribution in [0.4, 0.5) is 11.4 Å². The number of carbonyl (C=O) groups excluding carboxylic acids is 4. The first-order chi connectivity index (χ1) is 13.3. The Kier molecular flexibility index (Phi) is 4.99. The van der Waals surface area contributed by atoms with E-state index >= 15 is 0 Å². The monoisotopic (exact) mass is 381 g/mol. The van der Waals surface area contributed by atoms with Crippen LogP contribution in [0.25, 0.3) is 0 Å². The van der Waals surface area contributed by atoms with Crippen molar-refractivity contribution in [2.45, 2.75) is 13.3 Å². The number of benzene rings is 2. The number of hydrogen-bond donors (Lipinski definition) is 1. The Labute approximate surface area is 159 Å². The molecule has 2 aromatic rings. The van der Waals surface area contributed by atoms with Gasteiger partial charge in [-0.3, -0.25) is 34.2 Å². The van der Waals surface area contributed by atoms with Gasteiger partial charge in [-0.1, -0.05) is 13.0 Å². The van der Waals surface area contributed by atoms with Crippen molar-refractivity contribution >= 4 is 34.9 Å². The Bertz CT molecular complexity index is 1010. The number of carbonyl (C=O) groups is 4. The summed E-state index contributed by atoms with van der Waals surface area (Å²) in [6, 6.07) is 9.78. The fraction of sp³-hybridized carbons (Fsp3) is 0.158. The lowest BCUT2D eigenvalue weighted by molar-refractivity contribution is -0.385. The average Bonchev–Trinajstić information content (AvgIpc) is 2.93. The first-order valence-corrected chi connectivity index (χ1v) is 8.40. The molecule has 0 saturated carbocycles. The molecular weight excluding hydrogens is 366 g/mol. The van der Waals surface area contributed by atoms with E-state index < -0.39 is 34.8 Å². The summed E-state index contributed by atoms with van der Waals surface area (Å²) in [5.41, 5.74) is -0.116. The molecule has 28 heavy (non-hydrogen) atoms. The standard InChI is InChI=1S/C19H15N3O6/c1-2-16(24)20-12-8-6-11(7-9-12)15(23)10-21-18(25)13-4-3-5-14(22(27)28)17(13)19(21)26/h3-9H,2,10H2,1H3,(H,20,24). The van der Waals surface area contributed by atoms with E-state index in [0.29, 0.717) is 17.0 Å². The summed E-state index contributed by atoms with van der Waals surface area (Å²) in [6.45, 7) is 1.17. The summed E-state index contributed by atoms with van der Waals surface area (Å²) in [4.78, 5) is 59.9. The molecule has 0 unspecified atom stereocenters. The third-order valence-corrected chi connectivity index (χ3v) is 4.29. The molecule has 1 aliphatic heterocycles. The van der Waals surface area contributed by atoms with Gasteiger partial charge in [0.2, 0.25) is 5.91 Å². The highest BCUT2D eigenvalue weighted by molar-refractivity contribution is 6.24. The highest BCUT2D eigenvalue weighted by atomic mass is 16.6. The normalized spacial score (nSPS) is 12.7. The van der Waals surface area contributed by atoms with Gasteiger partial charge in [0.15, 0.2) is 5.78 Å². The van der Waals surface area contributed by atoms with Crippen molar-refractivity contribution in [3.8, 4) is 0 Å². The van der Waals surface area contributed by atoms with Crippen LogP contribution in [0, 0.1) is 10.1 Å². The highest BCUT2D eigenvalue weighted by Gasteiger charge is 2.41. The molecule has 0 spiro atoms. The van der Waals surface area contributed by atoms with Crippen molar-refractivity contribution in [1.82, 2.24) is 4.90 Å². The van der Waals surface area contributed by atoms with Crippen LogP contribution in [0.5, 0.6) is 0 Å². The molecule has 3 rings (SSSR count). The molecule has 2 aromatic carbocycles. The number of amides is 3. The molecule has 9 nitrogen and oxygen atoms in total. The van der Waals surface area contributed by atoms with Gasteiger partial charge in [-0.05, 0) is 30.3 Å². The van der Waals surface area contributed by atoms with E-state index in [1.807, 2.05) is 0 Å². The third kappa shape index (κ3) is 3.37. The zero-order chi connectivity index (χ0) is 20.4. The summed E-state index contributed by atoms with van der Waals surface area (Å²) in [5.74, 6) is -2.30. The Morgan fingerprint density at radius 3 is 2.36 bits per heavy atom. The second-order valence-electron chi connectivity index (χ2n) is 6.06. The number of ketones is 1. The Morgan fingerprint density at radius 1 is 1.07 bits per heavy atom. The number of anilines is 1. The zero-order valence-corrected chi connectivity index (χ0v) is 14.8. The van der Waals surface area contributed by atoms with E-state index in [4.69, 9.17) is 0 Å². The van der Waals surface area contributed by atoms with Crippen molar-refractivity contribution in [3.63, 3.8) is 0 Å². The molecule has 142 valence electrons. The number of nitro groups is 1. The minimum Gasteiger partial charge on any atom is -0.326 e. The molecule has 0 atom stereocenters.